The van der Waals surface area contributed by atoms with Gasteiger partial charge in [-0.1, -0.05) is 17.3 Å². The van der Waals surface area contributed by atoms with Crippen molar-refractivity contribution in [3.8, 4) is 0 Å². The van der Waals surface area contributed by atoms with Gasteiger partial charge in [-0.25, -0.2) is 9.97 Å². The van der Waals surface area contributed by atoms with Crippen molar-refractivity contribution in [2.45, 2.75) is 25.9 Å². The summed E-state index contributed by atoms with van der Waals surface area (Å²) in [6.07, 6.45) is 2.08. The summed E-state index contributed by atoms with van der Waals surface area (Å²) in [6, 6.07) is 5.99. The van der Waals surface area contributed by atoms with Gasteiger partial charge in [0.05, 0.1) is 12.1 Å². The van der Waals surface area contributed by atoms with Crippen molar-refractivity contribution in [3.05, 3.63) is 41.8 Å². The summed E-state index contributed by atoms with van der Waals surface area (Å²) < 4.78 is 5.18. The lowest BCUT2D eigenvalue weighted by Crippen LogP contribution is -2.31. The topological polar surface area (TPSA) is 88.2 Å². The molecule has 3 heterocycles. The van der Waals surface area contributed by atoms with Crippen LogP contribution in [-0.4, -0.2) is 38.3 Å². The number of hydrogen-bond donors (Lipinski definition) is 1. The second kappa shape index (κ2) is 4.99. The molecule has 0 bridgehead atoms. The molecule has 1 N–H and O–H groups in total. The molecule has 1 saturated heterocycles. The lowest BCUT2D eigenvalue weighted by atomic mass is 10.0. The first-order chi connectivity index (χ1) is 11.1. The quantitative estimate of drug-likeness (QED) is 0.771. The van der Waals surface area contributed by atoms with Crippen LogP contribution in [0, 0.1) is 13.8 Å². The van der Waals surface area contributed by atoms with Crippen molar-refractivity contribution in [3.63, 3.8) is 0 Å². The summed E-state index contributed by atoms with van der Waals surface area (Å²) in [6.45, 7) is 4.82. The summed E-state index contributed by atoms with van der Waals surface area (Å²) in [7, 11) is 0. The van der Waals surface area contributed by atoms with Crippen LogP contribution in [0.3, 0.4) is 0 Å². The predicted molar refractivity (Wildman–Crippen MR) is 84.0 cm³/mol. The minimum absolute atomic E-state index is 0.271. The number of hydrogen-bond acceptors (Lipinski definition) is 7. The van der Waals surface area contributed by atoms with Crippen LogP contribution in [0.15, 0.2) is 29.0 Å². The Morgan fingerprint density at radius 2 is 2.13 bits per heavy atom. The zero-order valence-electron chi connectivity index (χ0n) is 13.0. The molecule has 1 unspecified atom stereocenters. The van der Waals surface area contributed by atoms with E-state index in [0.717, 1.165) is 22.3 Å². The Morgan fingerprint density at radius 1 is 1.26 bits per heavy atom. The van der Waals surface area contributed by atoms with E-state index >= 15 is 0 Å². The highest BCUT2D eigenvalue weighted by atomic mass is 16.5. The monoisotopic (exact) mass is 311 g/mol. The number of aryl methyl sites for hydroxylation is 2. The number of rotatable bonds is 2. The largest absolute Gasteiger partial charge is 0.378 e. The van der Waals surface area contributed by atoms with E-state index in [0.29, 0.717) is 25.3 Å². The van der Waals surface area contributed by atoms with E-state index in [9.17, 15) is 5.11 Å². The first-order valence-corrected chi connectivity index (χ1v) is 7.55. The molecule has 7 nitrogen and oxygen atoms in total. The fourth-order valence-electron chi connectivity index (χ4n) is 3.14. The van der Waals surface area contributed by atoms with E-state index in [4.69, 9.17) is 4.52 Å². The van der Waals surface area contributed by atoms with Crippen LogP contribution >= 0.6 is 0 Å². The minimum atomic E-state index is -1.14. The summed E-state index contributed by atoms with van der Waals surface area (Å²) in [4.78, 5) is 15.0. The van der Waals surface area contributed by atoms with E-state index in [-0.39, 0.29) is 5.89 Å². The molecule has 1 aromatic carbocycles. The summed E-state index contributed by atoms with van der Waals surface area (Å²) >= 11 is 0. The molecule has 0 amide bonds. The normalized spacial score (nSPS) is 21.3. The van der Waals surface area contributed by atoms with E-state index in [1.54, 1.807) is 13.3 Å². The maximum Gasteiger partial charge on any atom is 0.260 e. The van der Waals surface area contributed by atoms with Crippen molar-refractivity contribution in [2.24, 2.45) is 0 Å². The Hall–Kier alpha value is -2.54. The average molecular weight is 311 g/mol. The van der Waals surface area contributed by atoms with Gasteiger partial charge in [-0.2, -0.15) is 4.98 Å². The van der Waals surface area contributed by atoms with E-state index in [1.165, 1.54) is 0 Å². The molecular formula is C16H17N5O2. The highest BCUT2D eigenvalue weighted by molar-refractivity contribution is 5.92. The van der Waals surface area contributed by atoms with Gasteiger partial charge in [-0.05, 0) is 25.5 Å². The van der Waals surface area contributed by atoms with Crippen LogP contribution < -0.4 is 4.90 Å². The average Bonchev–Trinajstić information content (AvgIpc) is 3.14. The van der Waals surface area contributed by atoms with Gasteiger partial charge in [0.1, 0.15) is 12.1 Å². The van der Waals surface area contributed by atoms with Crippen molar-refractivity contribution < 1.29 is 9.63 Å². The van der Waals surface area contributed by atoms with Crippen LogP contribution in [0.4, 0.5) is 5.82 Å². The van der Waals surface area contributed by atoms with E-state index in [2.05, 4.69) is 25.0 Å². The number of fused-ring (bicyclic) bond motifs is 1. The zero-order chi connectivity index (χ0) is 16.0. The van der Waals surface area contributed by atoms with Crippen molar-refractivity contribution in [1.82, 2.24) is 20.1 Å². The van der Waals surface area contributed by atoms with Gasteiger partial charge in [-0.15, -0.1) is 0 Å². The van der Waals surface area contributed by atoms with Gasteiger partial charge < -0.3 is 14.5 Å². The summed E-state index contributed by atoms with van der Waals surface area (Å²) in [5.74, 6) is 1.63. The van der Waals surface area contributed by atoms with Crippen molar-refractivity contribution in [2.75, 3.05) is 18.0 Å². The summed E-state index contributed by atoms with van der Waals surface area (Å²) in [5.41, 5.74) is 0.877. The fraction of sp³-hybridized carbons (Fsp3) is 0.375. The van der Waals surface area contributed by atoms with Crippen LogP contribution in [0.1, 0.15) is 23.7 Å². The fourth-order valence-corrected chi connectivity index (χ4v) is 3.14. The zero-order valence-corrected chi connectivity index (χ0v) is 13.0. The number of anilines is 1. The van der Waals surface area contributed by atoms with Gasteiger partial charge in [0.2, 0.25) is 0 Å². The van der Waals surface area contributed by atoms with Crippen molar-refractivity contribution in [1.29, 1.82) is 0 Å². The third kappa shape index (κ3) is 2.24. The molecule has 1 atom stereocenters. The Balaban J connectivity index is 1.73. The number of β-amino-alcohol motifs (C(OH)–C–C–N with tert-alkyl or cyclic N) is 1. The standard InChI is InChI=1S/C16H17N5O2/c1-10-4-3-5-12-13(10)14(18-9-17-12)21-7-6-16(22,8-21)15-19-11(2)20-23-15/h3-5,9,22H,6-8H2,1-2H3. The maximum absolute atomic E-state index is 10.9. The van der Waals surface area contributed by atoms with Gasteiger partial charge in [0.15, 0.2) is 11.4 Å². The minimum Gasteiger partial charge on any atom is -0.378 e. The predicted octanol–water partition coefficient (Wildman–Crippen LogP) is 1.73. The van der Waals surface area contributed by atoms with Gasteiger partial charge >= 0.3 is 0 Å². The first kappa shape index (κ1) is 14.1. The molecule has 7 heteroatoms. The molecule has 1 fully saturated rings. The molecule has 1 aliphatic rings. The first-order valence-electron chi connectivity index (χ1n) is 7.55. The van der Waals surface area contributed by atoms with Crippen LogP contribution in [-0.2, 0) is 5.60 Å². The Morgan fingerprint density at radius 3 is 2.91 bits per heavy atom. The molecule has 4 rings (SSSR count). The third-order valence-electron chi connectivity index (χ3n) is 4.32. The number of nitrogens with zero attached hydrogens (tertiary/aromatic N) is 5. The molecular weight excluding hydrogens is 294 g/mol. The number of aromatic nitrogens is 4. The van der Waals surface area contributed by atoms with Gasteiger partial charge in [0.25, 0.3) is 5.89 Å². The Bertz CT molecular complexity index is 873. The second-order valence-electron chi connectivity index (χ2n) is 6.02. The lowest BCUT2D eigenvalue weighted by molar-refractivity contribution is 0.0260. The number of benzene rings is 1. The molecule has 0 aliphatic carbocycles. The van der Waals surface area contributed by atoms with Crippen LogP contribution in [0.25, 0.3) is 10.9 Å². The van der Waals surface area contributed by atoms with Crippen molar-refractivity contribution >= 4 is 16.7 Å². The lowest BCUT2D eigenvalue weighted by Gasteiger charge is -2.22. The molecule has 23 heavy (non-hydrogen) atoms. The summed E-state index contributed by atoms with van der Waals surface area (Å²) in [5, 5.41) is 15.7. The van der Waals surface area contributed by atoms with Crippen LogP contribution in [0.2, 0.25) is 0 Å². The highest BCUT2D eigenvalue weighted by Crippen LogP contribution is 2.36. The Labute approximate surface area is 133 Å². The Kier molecular flexibility index (Phi) is 3.05. The molecule has 1 aliphatic heterocycles. The van der Waals surface area contributed by atoms with E-state index in [1.807, 2.05) is 25.1 Å². The maximum atomic E-state index is 10.9. The smallest absolute Gasteiger partial charge is 0.260 e. The molecule has 0 saturated carbocycles. The van der Waals surface area contributed by atoms with Gasteiger partial charge in [-0.3, -0.25) is 0 Å². The van der Waals surface area contributed by atoms with Gasteiger partial charge in [0, 0.05) is 18.4 Å². The third-order valence-corrected chi connectivity index (χ3v) is 4.32. The molecule has 0 spiro atoms. The van der Waals surface area contributed by atoms with E-state index < -0.39 is 5.60 Å². The SMILES string of the molecule is Cc1noc(C2(O)CCN(c3ncnc4cccc(C)c34)C2)n1. The highest BCUT2D eigenvalue weighted by Gasteiger charge is 2.43. The molecule has 118 valence electrons. The molecule has 0 radical (unpaired) electrons. The molecule has 3 aromatic rings. The second-order valence-corrected chi connectivity index (χ2v) is 6.02. The van der Waals surface area contributed by atoms with Crippen LogP contribution in [0.5, 0.6) is 0 Å². The molecule has 2 aromatic heterocycles. The number of aliphatic hydroxyl groups is 1.